The quantitative estimate of drug-likeness (QED) is 0.763. The van der Waals surface area contributed by atoms with Crippen molar-refractivity contribution in [1.82, 2.24) is 10.3 Å². The van der Waals surface area contributed by atoms with Crippen LogP contribution in [0.2, 0.25) is 0 Å². The summed E-state index contributed by atoms with van der Waals surface area (Å²) in [5.41, 5.74) is 0.577. The normalized spacial score (nSPS) is 20.1. The van der Waals surface area contributed by atoms with Crippen LogP contribution < -0.4 is 5.32 Å². The van der Waals surface area contributed by atoms with E-state index < -0.39 is 11.5 Å². The van der Waals surface area contributed by atoms with Crippen molar-refractivity contribution in [2.24, 2.45) is 4.99 Å². The third-order valence-corrected chi connectivity index (χ3v) is 5.42. The van der Waals surface area contributed by atoms with Crippen molar-refractivity contribution in [1.29, 1.82) is 0 Å². The molecule has 0 fully saturated rings. The Bertz CT molecular complexity index is 895. The molecule has 0 radical (unpaired) electrons. The smallest absolute Gasteiger partial charge is 0.338 e. The fraction of sp³-hybridized carbons (Fsp3) is 0.235. The predicted molar refractivity (Wildman–Crippen MR) is 98.0 cm³/mol. The number of halogens is 2. The Hall–Kier alpha value is -2.06. The molecule has 130 valence electrons. The number of carbonyl (C=O) groups excluding carboxylic acids is 1. The number of aliphatic imine (C=N–C) groups is 1. The second-order valence-electron chi connectivity index (χ2n) is 5.61. The first kappa shape index (κ1) is 17.8. The van der Waals surface area contributed by atoms with Crippen molar-refractivity contribution in [3.05, 3.63) is 61.9 Å². The summed E-state index contributed by atoms with van der Waals surface area (Å²) < 4.78 is 19.0. The highest BCUT2D eigenvalue weighted by Gasteiger charge is 2.42. The molecule has 25 heavy (non-hydrogen) atoms. The van der Waals surface area contributed by atoms with Crippen LogP contribution in [-0.4, -0.2) is 23.9 Å². The molecule has 3 rings (SSSR count). The second-order valence-corrected chi connectivity index (χ2v) is 7.36. The van der Waals surface area contributed by atoms with E-state index in [9.17, 15) is 9.18 Å². The minimum absolute atomic E-state index is 0.364. The number of nitrogens with zero attached hydrogens (tertiary/aromatic N) is 2. The van der Waals surface area contributed by atoms with Crippen LogP contribution in [-0.2, 0) is 15.1 Å². The van der Waals surface area contributed by atoms with E-state index in [1.807, 2.05) is 5.38 Å². The zero-order valence-electron chi connectivity index (χ0n) is 13.8. The molecule has 1 unspecified atom stereocenters. The second kappa shape index (κ2) is 6.68. The van der Waals surface area contributed by atoms with Gasteiger partial charge in [0.25, 0.3) is 0 Å². The van der Waals surface area contributed by atoms with Gasteiger partial charge in [-0.15, -0.1) is 11.3 Å². The number of ether oxygens (including phenoxy) is 1. The van der Waals surface area contributed by atoms with E-state index in [1.54, 1.807) is 26.1 Å². The van der Waals surface area contributed by atoms with Crippen molar-refractivity contribution in [2.75, 3.05) is 7.11 Å². The molecule has 0 saturated heterocycles. The van der Waals surface area contributed by atoms with Gasteiger partial charge in [-0.05, 0) is 31.5 Å². The number of hydrogen-bond acceptors (Lipinski definition) is 6. The topological polar surface area (TPSA) is 63.6 Å². The summed E-state index contributed by atoms with van der Waals surface area (Å²) in [7, 11) is 1.32. The molecule has 1 aliphatic rings. The van der Waals surface area contributed by atoms with Crippen LogP contribution in [0, 0.1) is 5.82 Å². The number of thiazole rings is 1. The van der Waals surface area contributed by atoms with Gasteiger partial charge in [-0.25, -0.2) is 19.2 Å². The first-order chi connectivity index (χ1) is 11.9. The molecule has 1 aromatic heterocycles. The van der Waals surface area contributed by atoms with Crippen LogP contribution in [0.1, 0.15) is 24.4 Å². The lowest BCUT2D eigenvalue weighted by Crippen LogP contribution is -2.41. The van der Waals surface area contributed by atoms with E-state index in [-0.39, 0.29) is 5.82 Å². The lowest BCUT2D eigenvalue weighted by molar-refractivity contribution is -0.137. The van der Waals surface area contributed by atoms with Crippen LogP contribution >= 0.6 is 27.3 Å². The van der Waals surface area contributed by atoms with Crippen molar-refractivity contribution in [3.8, 4) is 0 Å². The van der Waals surface area contributed by atoms with Crippen LogP contribution in [0.15, 0.2) is 50.5 Å². The number of allylic oxidation sites excluding steroid dienone is 1. The fourth-order valence-electron chi connectivity index (χ4n) is 2.89. The molecular weight excluding hydrogens is 409 g/mol. The Morgan fingerprint density at radius 2 is 2.20 bits per heavy atom. The number of esters is 1. The third-order valence-electron chi connectivity index (χ3n) is 3.98. The number of rotatable bonds is 3. The van der Waals surface area contributed by atoms with Gasteiger partial charge in [-0.3, -0.25) is 0 Å². The lowest BCUT2D eigenvalue weighted by Gasteiger charge is -2.34. The number of benzene rings is 1. The molecule has 1 aliphatic heterocycles. The van der Waals surface area contributed by atoms with Gasteiger partial charge in [0.15, 0.2) is 10.8 Å². The van der Waals surface area contributed by atoms with E-state index in [2.05, 4.69) is 26.2 Å². The van der Waals surface area contributed by atoms with Crippen molar-refractivity contribution < 1.29 is 13.9 Å². The zero-order chi connectivity index (χ0) is 18.2. The average molecular weight is 424 g/mol. The van der Waals surface area contributed by atoms with Gasteiger partial charge in [0, 0.05) is 21.7 Å². The van der Waals surface area contributed by atoms with E-state index in [0.717, 1.165) is 0 Å². The van der Waals surface area contributed by atoms with Crippen molar-refractivity contribution in [2.45, 2.75) is 19.4 Å². The van der Waals surface area contributed by atoms with Gasteiger partial charge in [-0.2, -0.15) is 0 Å². The number of methoxy groups -OCH3 is 1. The summed E-state index contributed by atoms with van der Waals surface area (Å²) in [5.74, 6) is -0.317. The predicted octanol–water partition coefficient (Wildman–Crippen LogP) is 3.76. The largest absolute Gasteiger partial charge is 0.466 e. The molecule has 5 nitrogen and oxygen atoms in total. The Labute approximate surface area is 156 Å². The van der Waals surface area contributed by atoms with Gasteiger partial charge < -0.3 is 10.1 Å². The van der Waals surface area contributed by atoms with Crippen LogP contribution in [0.3, 0.4) is 0 Å². The van der Waals surface area contributed by atoms with E-state index in [1.165, 1.54) is 30.6 Å². The van der Waals surface area contributed by atoms with Gasteiger partial charge in [0.05, 0.1) is 12.7 Å². The zero-order valence-corrected chi connectivity index (χ0v) is 16.2. The Morgan fingerprint density at radius 3 is 2.80 bits per heavy atom. The SMILES string of the molecule is COC(=O)C1=C(C)NC(c2nccs2)=NC1(C)c1ccc(F)cc1Br. The standard InChI is InChI=1S/C17H15BrFN3O2S/c1-9-13(16(23)24-3)17(2,11-5-4-10(19)8-12(11)18)22-14(21-9)15-20-6-7-25-15/h4-8H,1-3H3,(H,21,22). The number of amidine groups is 1. The third kappa shape index (κ3) is 3.11. The van der Waals surface area contributed by atoms with Crippen molar-refractivity contribution >= 4 is 39.1 Å². The van der Waals surface area contributed by atoms with Gasteiger partial charge in [0.1, 0.15) is 11.4 Å². The highest BCUT2D eigenvalue weighted by atomic mass is 79.9. The summed E-state index contributed by atoms with van der Waals surface area (Å²) in [6.07, 6.45) is 1.68. The summed E-state index contributed by atoms with van der Waals surface area (Å²) >= 11 is 4.82. The minimum Gasteiger partial charge on any atom is -0.466 e. The molecule has 1 atom stereocenters. The summed E-state index contributed by atoms with van der Waals surface area (Å²) in [6.45, 7) is 3.58. The number of carbonyl (C=O) groups is 1. The Kier molecular flexibility index (Phi) is 4.75. The number of nitrogens with one attached hydrogen (secondary N) is 1. The lowest BCUT2D eigenvalue weighted by atomic mass is 9.82. The molecule has 0 spiro atoms. The monoisotopic (exact) mass is 423 g/mol. The average Bonchev–Trinajstić information content (AvgIpc) is 3.08. The number of aromatic nitrogens is 1. The molecule has 8 heteroatoms. The first-order valence-electron chi connectivity index (χ1n) is 7.38. The van der Waals surface area contributed by atoms with Crippen LogP contribution in [0.5, 0.6) is 0 Å². The molecule has 2 aromatic rings. The fourth-order valence-corrected chi connectivity index (χ4v) is 4.20. The molecule has 0 saturated carbocycles. The highest BCUT2D eigenvalue weighted by Crippen LogP contribution is 2.41. The summed E-state index contributed by atoms with van der Waals surface area (Å²) in [6, 6.07) is 4.31. The summed E-state index contributed by atoms with van der Waals surface area (Å²) in [4.78, 5) is 21.5. The molecule has 1 N–H and O–H groups in total. The van der Waals surface area contributed by atoms with Crippen molar-refractivity contribution in [3.63, 3.8) is 0 Å². The Balaban J connectivity index is 2.24. The van der Waals surface area contributed by atoms with E-state index >= 15 is 0 Å². The molecule has 1 aromatic carbocycles. The maximum Gasteiger partial charge on any atom is 0.338 e. The van der Waals surface area contributed by atoms with Crippen LogP contribution in [0.25, 0.3) is 0 Å². The minimum atomic E-state index is -1.06. The van der Waals surface area contributed by atoms with Gasteiger partial charge >= 0.3 is 5.97 Å². The van der Waals surface area contributed by atoms with E-state index in [4.69, 9.17) is 9.73 Å². The molecular formula is C17H15BrFN3O2S. The maximum atomic E-state index is 13.5. The molecule has 0 amide bonds. The van der Waals surface area contributed by atoms with Gasteiger partial charge in [-0.1, -0.05) is 22.0 Å². The van der Waals surface area contributed by atoms with E-state index in [0.29, 0.717) is 32.1 Å². The number of hydrogen-bond donors (Lipinski definition) is 1. The molecule has 2 heterocycles. The first-order valence-corrected chi connectivity index (χ1v) is 9.06. The Morgan fingerprint density at radius 1 is 1.44 bits per heavy atom. The molecule has 0 aliphatic carbocycles. The maximum absolute atomic E-state index is 13.5. The van der Waals surface area contributed by atoms with Crippen LogP contribution in [0.4, 0.5) is 4.39 Å². The highest BCUT2D eigenvalue weighted by molar-refractivity contribution is 9.10. The summed E-state index contributed by atoms with van der Waals surface area (Å²) in [5, 5.41) is 5.68. The van der Waals surface area contributed by atoms with Gasteiger partial charge in [0.2, 0.25) is 0 Å². The molecule has 0 bridgehead atoms.